The summed E-state index contributed by atoms with van der Waals surface area (Å²) in [7, 11) is -1.48. The number of hydrogen-bond donors (Lipinski definition) is 1. The zero-order valence-electron chi connectivity index (χ0n) is 9.95. The van der Waals surface area contributed by atoms with Gasteiger partial charge in [0.2, 0.25) is 0 Å². The van der Waals surface area contributed by atoms with Gasteiger partial charge in [-0.3, -0.25) is 4.79 Å². The summed E-state index contributed by atoms with van der Waals surface area (Å²) in [5.74, 6) is -2.69. The molecule has 0 aliphatic carbocycles. The van der Waals surface area contributed by atoms with Gasteiger partial charge in [0.1, 0.15) is 10.1 Å². The van der Waals surface area contributed by atoms with E-state index in [1.807, 2.05) is 0 Å². The average molecular weight is 292 g/mol. The molecule has 1 N–H and O–H groups in total. The second-order valence-corrected chi connectivity index (χ2v) is 5.83. The van der Waals surface area contributed by atoms with Gasteiger partial charge < -0.3 is 14.4 Å². The summed E-state index contributed by atoms with van der Waals surface area (Å²) >= 11 is 0. The van der Waals surface area contributed by atoms with Gasteiger partial charge in [-0.2, -0.15) is 13.2 Å². The summed E-state index contributed by atoms with van der Waals surface area (Å²) in [4.78, 5) is 10.4. The second kappa shape index (κ2) is 5.85. The van der Waals surface area contributed by atoms with Crippen molar-refractivity contribution >= 4 is 16.0 Å². The van der Waals surface area contributed by atoms with Crippen LogP contribution < -0.4 is 5.32 Å². The Bertz CT molecular complexity index is 392. The number of rotatable bonds is 6. The van der Waals surface area contributed by atoms with Crippen molar-refractivity contribution in [3.63, 3.8) is 0 Å². The summed E-state index contributed by atoms with van der Waals surface area (Å²) in [6.45, 7) is -0.0848. The molecular formula is C8H15F3N2O4S. The highest BCUT2D eigenvalue weighted by molar-refractivity contribution is 7.85. The Morgan fingerprint density at radius 2 is 1.83 bits per heavy atom. The molecule has 6 nitrogen and oxygen atoms in total. The van der Waals surface area contributed by atoms with Crippen LogP contribution in [0.2, 0.25) is 0 Å². The fourth-order valence-corrected chi connectivity index (χ4v) is 2.29. The van der Waals surface area contributed by atoms with Gasteiger partial charge in [-0.1, -0.05) is 0 Å². The first kappa shape index (κ1) is 17.1. The summed E-state index contributed by atoms with van der Waals surface area (Å²) in [5, 5.41) is 1.66. The van der Waals surface area contributed by atoms with E-state index in [9.17, 15) is 30.9 Å². The van der Waals surface area contributed by atoms with Crippen molar-refractivity contribution in [2.75, 3.05) is 33.1 Å². The molecule has 0 atom stereocenters. The molecule has 0 aliphatic rings. The minimum Gasteiger partial charge on any atom is -0.744 e. The number of nitrogens with one attached hydrogen (secondary N) is 1. The molecule has 108 valence electrons. The lowest BCUT2D eigenvalue weighted by molar-refractivity contribution is -0.878. The van der Waals surface area contributed by atoms with Crippen LogP contribution in [0.4, 0.5) is 13.2 Å². The van der Waals surface area contributed by atoms with Crippen LogP contribution in [0.5, 0.6) is 0 Å². The number of amides is 1. The Kier molecular flexibility index (Phi) is 5.56. The predicted molar refractivity (Wildman–Crippen MR) is 55.2 cm³/mol. The van der Waals surface area contributed by atoms with E-state index >= 15 is 0 Å². The quantitative estimate of drug-likeness (QED) is 0.411. The molecule has 10 heteroatoms. The molecule has 0 bridgehead atoms. The van der Waals surface area contributed by atoms with E-state index in [1.54, 1.807) is 5.32 Å². The molecule has 0 radical (unpaired) electrons. The highest BCUT2D eigenvalue weighted by Crippen LogP contribution is 2.13. The fraction of sp³-hybridized carbons (Fsp3) is 0.875. The highest BCUT2D eigenvalue weighted by atomic mass is 32.2. The highest BCUT2D eigenvalue weighted by Gasteiger charge is 2.38. The molecule has 0 aromatic carbocycles. The van der Waals surface area contributed by atoms with Gasteiger partial charge >= 0.3 is 12.1 Å². The van der Waals surface area contributed by atoms with Gasteiger partial charge in [0.15, 0.2) is 5.88 Å². The van der Waals surface area contributed by atoms with Crippen molar-refractivity contribution in [1.82, 2.24) is 5.32 Å². The Morgan fingerprint density at radius 1 is 1.33 bits per heavy atom. The van der Waals surface area contributed by atoms with E-state index in [4.69, 9.17) is 0 Å². The van der Waals surface area contributed by atoms with Gasteiger partial charge in [0.05, 0.1) is 20.6 Å². The molecule has 0 unspecified atom stereocenters. The van der Waals surface area contributed by atoms with E-state index in [0.29, 0.717) is 0 Å². The number of nitrogens with zero attached hydrogens (tertiary/aromatic N) is 1. The van der Waals surface area contributed by atoms with Crippen molar-refractivity contribution in [3.8, 4) is 0 Å². The smallest absolute Gasteiger partial charge is 0.471 e. The van der Waals surface area contributed by atoms with Crippen LogP contribution in [0, 0.1) is 0 Å². The summed E-state index contributed by atoms with van der Waals surface area (Å²) in [5.41, 5.74) is 0. The van der Waals surface area contributed by atoms with Crippen molar-refractivity contribution in [2.45, 2.75) is 12.6 Å². The van der Waals surface area contributed by atoms with E-state index in [1.165, 1.54) is 14.1 Å². The van der Waals surface area contributed by atoms with Gasteiger partial charge in [-0.15, -0.1) is 0 Å². The summed E-state index contributed by atoms with van der Waals surface area (Å²) < 4.78 is 66.8. The maximum atomic E-state index is 11.8. The monoisotopic (exact) mass is 292 g/mol. The number of quaternary nitrogens is 1. The largest absolute Gasteiger partial charge is 0.744 e. The lowest BCUT2D eigenvalue weighted by Crippen LogP contribution is -2.46. The molecule has 0 spiro atoms. The van der Waals surface area contributed by atoms with Crippen LogP contribution >= 0.6 is 0 Å². The van der Waals surface area contributed by atoms with Gasteiger partial charge in [0, 0.05) is 13.0 Å². The summed E-state index contributed by atoms with van der Waals surface area (Å²) in [6, 6.07) is 0. The zero-order chi connectivity index (χ0) is 14.6. The number of halogens is 3. The standard InChI is InChI=1S/C8H15F3N2O4S/c1-13(2,6-18(15,16)17)5-3-4-12-7(14)8(9,10)11/h3-6H2,1-2H3,(H-,12,14,15,16,17). The summed E-state index contributed by atoms with van der Waals surface area (Å²) in [6.07, 6.45) is -4.80. The molecule has 0 aromatic heterocycles. The normalized spacial score (nSPS) is 13.4. The number of hydrogen-bond acceptors (Lipinski definition) is 4. The molecule has 0 saturated carbocycles. The van der Waals surface area contributed by atoms with Crippen molar-refractivity contribution in [3.05, 3.63) is 0 Å². The number of alkyl halides is 3. The van der Waals surface area contributed by atoms with Crippen molar-refractivity contribution in [1.29, 1.82) is 0 Å². The minimum absolute atomic E-state index is 0.129. The average Bonchev–Trinajstić information content (AvgIpc) is 2.06. The third kappa shape index (κ3) is 8.25. The predicted octanol–water partition coefficient (Wildman–Crippen LogP) is -0.366. The van der Waals surface area contributed by atoms with Crippen LogP contribution in [0.1, 0.15) is 6.42 Å². The maximum Gasteiger partial charge on any atom is 0.471 e. The zero-order valence-corrected chi connectivity index (χ0v) is 10.8. The molecule has 0 aromatic rings. The molecule has 0 aliphatic heterocycles. The van der Waals surface area contributed by atoms with Gasteiger partial charge in [-0.05, 0) is 0 Å². The molecule has 0 heterocycles. The first-order valence-electron chi connectivity index (χ1n) is 4.94. The molecule has 1 amide bonds. The van der Waals surface area contributed by atoms with Crippen molar-refractivity contribution < 1.29 is 35.4 Å². The van der Waals surface area contributed by atoms with E-state index in [2.05, 4.69) is 0 Å². The van der Waals surface area contributed by atoms with Gasteiger partial charge in [0.25, 0.3) is 0 Å². The molecule has 0 rings (SSSR count). The van der Waals surface area contributed by atoms with E-state index in [-0.39, 0.29) is 24.0 Å². The Morgan fingerprint density at radius 3 is 2.22 bits per heavy atom. The van der Waals surface area contributed by atoms with E-state index in [0.717, 1.165) is 0 Å². The third-order valence-corrected chi connectivity index (χ3v) is 3.01. The van der Waals surface area contributed by atoms with Crippen LogP contribution in [0.3, 0.4) is 0 Å². The minimum atomic E-state index is -4.93. The Balaban J connectivity index is 4.02. The van der Waals surface area contributed by atoms with Crippen LogP contribution in [-0.4, -0.2) is 62.6 Å². The molecule has 18 heavy (non-hydrogen) atoms. The molecule has 0 saturated heterocycles. The lowest BCUT2D eigenvalue weighted by atomic mass is 10.3. The SMILES string of the molecule is C[N+](C)(CCCNC(=O)C(F)(F)F)CS(=O)(=O)[O-]. The lowest BCUT2D eigenvalue weighted by Gasteiger charge is -2.30. The maximum absolute atomic E-state index is 11.8. The molecular weight excluding hydrogens is 277 g/mol. The van der Waals surface area contributed by atoms with Gasteiger partial charge in [-0.25, -0.2) is 8.42 Å². The third-order valence-electron chi connectivity index (χ3n) is 1.99. The van der Waals surface area contributed by atoms with Crippen LogP contribution in [0.15, 0.2) is 0 Å². The first-order valence-corrected chi connectivity index (χ1v) is 6.52. The topological polar surface area (TPSA) is 86.3 Å². The number of carbonyl (C=O) groups excluding carboxylic acids is 1. The van der Waals surface area contributed by atoms with Crippen molar-refractivity contribution in [2.24, 2.45) is 0 Å². The first-order chi connectivity index (χ1) is 7.83. The molecule has 0 fully saturated rings. The number of carbonyl (C=O) groups is 1. The van der Waals surface area contributed by atoms with Crippen LogP contribution in [-0.2, 0) is 14.9 Å². The Labute approximate surface area is 103 Å². The second-order valence-electron chi connectivity index (χ2n) is 4.45. The fourth-order valence-electron chi connectivity index (χ4n) is 1.30. The Hall–Kier alpha value is -0.870. The van der Waals surface area contributed by atoms with E-state index < -0.39 is 28.1 Å². The van der Waals surface area contributed by atoms with Crippen LogP contribution in [0.25, 0.3) is 0 Å².